The van der Waals surface area contributed by atoms with Gasteiger partial charge in [0.15, 0.2) is 0 Å². The summed E-state index contributed by atoms with van der Waals surface area (Å²) in [6.07, 6.45) is 1.72. The maximum Gasteiger partial charge on any atom is 0.129 e. The van der Waals surface area contributed by atoms with Gasteiger partial charge in [0.25, 0.3) is 0 Å². The van der Waals surface area contributed by atoms with Gasteiger partial charge in [-0.2, -0.15) is 0 Å². The van der Waals surface area contributed by atoms with Crippen molar-refractivity contribution in [1.29, 1.82) is 0 Å². The molecule has 1 heterocycles. The van der Waals surface area contributed by atoms with Crippen LogP contribution < -0.4 is 10.6 Å². The molecule has 0 saturated heterocycles. The first-order chi connectivity index (χ1) is 9.06. The van der Waals surface area contributed by atoms with Gasteiger partial charge in [0.05, 0.1) is 0 Å². The molecule has 0 saturated carbocycles. The van der Waals surface area contributed by atoms with Gasteiger partial charge in [-0.1, -0.05) is 40.3 Å². The second kappa shape index (κ2) is 6.12. The molecule has 0 aliphatic heterocycles. The Kier molecular flexibility index (Phi) is 4.50. The molecule has 0 amide bonds. The van der Waals surface area contributed by atoms with Crippen molar-refractivity contribution in [3.05, 3.63) is 58.2 Å². The Bertz CT molecular complexity index is 583. The van der Waals surface area contributed by atoms with E-state index in [0.29, 0.717) is 4.99 Å². The number of aromatic nitrogens is 1. The van der Waals surface area contributed by atoms with Crippen LogP contribution in [0.3, 0.4) is 0 Å². The third-order valence-corrected chi connectivity index (χ3v) is 3.52. The number of nitrogens with two attached hydrogens (primary N) is 1. The van der Waals surface area contributed by atoms with Gasteiger partial charge in [0.1, 0.15) is 10.8 Å². The van der Waals surface area contributed by atoms with Crippen molar-refractivity contribution in [2.24, 2.45) is 5.73 Å². The molecule has 2 rings (SSSR count). The number of halogens is 1. The fourth-order valence-corrected chi connectivity index (χ4v) is 2.12. The number of benzene rings is 1. The van der Waals surface area contributed by atoms with E-state index in [1.807, 2.05) is 31.3 Å². The Labute approximate surface area is 126 Å². The summed E-state index contributed by atoms with van der Waals surface area (Å²) >= 11 is 8.41. The van der Waals surface area contributed by atoms with Crippen LogP contribution in [0.25, 0.3) is 0 Å². The molecule has 0 spiro atoms. The van der Waals surface area contributed by atoms with Crippen LogP contribution in [0, 0.1) is 0 Å². The minimum Gasteiger partial charge on any atom is -0.389 e. The highest BCUT2D eigenvalue weighted by molar-refractivity contribution is 9.10. The quantitative estimate of drug-likeness (QED) is 0.871. The van der Waals surface area contributed by atoms with Crippen LogP contribution in [0.2, 0.25) is 0 Å². The zero-order valence-electron chi connectivity index (χ0n) is 10.5. The second-order valence-corrected chi connectivity index (χ2v) is 5.60. The highest BCUT2D eigenvalue weighted by Crippen LogP contribution is 2.16. The van der Waals surface area contributed by atoms with Crippen molar-refractivity contribution < 1.29 is 0 Å². The predicted octanol–water partition coefficient (Wildman–Crippen LogP) is 3.11. The molecular formula is C14H14BrN3S. The second-order valence-electron chi connectivity index (χ2n) is 4.25. The van der Waals surface area contributed by atoms with E-state index >= 15 is 0 Å². The molecule has 0 fully saturated rings. The lowest BCUT2D eigenvalue weighted by Gasteiger charge is -2.18. The van der Waals surface area contributed by atoms with Gasteiger partial charge < -0.3 is 10.6 Å². The molecule has 1 aromatic heterocycles. The zero-order chi connectivity index (χ0) is 13.8. The fourth-order valence-electron chi connectivity index (χ4n) is 1.73. The van der Waals surface area contributed by atoms with Gasteiger partial charge in [-0.3, -0.25) is 0 Å². The molecule has 5 heteroatoms. The highest BCUT2D eigenvalue weighted by atomic mass is 79.9. The van der Waals surface area contributed by atoms with Crippen molar-refractivity contribution in [3.63, 3.8) is 0 Å². The van der Waals surface area contributed by atoms with E-state index < -0.39 is 0 Å². The minimum absolute atomic E-state index is 0.390. The largest absolute Gasteiger partial charge is 0.389 e. The molecule has 0 radical (unpaired) electrons. The van der Waals surface area contributed by atoms with Gasteiger partial charge in [0, 0.05) is 29.8 Å². The van der Waals surface area contributed by atoms with E-state index in [1.165, 1.54) is 5.56 Å². The number of pyridine rings is 1. The summed E-state index contributed by atoms with van der Waals surface area (Å²) in [5.74, 6) is 0.855. The van der Waals surface area contributed by atoms with E-state index in [9.17, 15) is 0 Å². The molecule has 1 aromatic carbocycles. The van der Waals surface area contributed by atoms with Crippen LogP contribution in [-0.4, -0.2) is 17.0 Å². The maximum atomic E-state index is 5.63. The monoisotopic (exact) mass is 335 g/mol. The Morgan fingerprint density at radius 3 is 2.63 bits per heavy atom. The lowest BCUT2D eigenvalue weighted by molar-refractivity contribution is 0.897. The molecule has 0 aliphatic carbocycles. The molecule has 0 unspecified atom stereocenters. The fraction of sp³-hybridized carbons (Fsp3) is 0.143. The number of thiocarbonyl (C=S) groups is 1. The summed E-state index contributed by atoms with van der Waals surface area (Å²) < 4.78 is 1.08. The number of hydrogen-bond donors (Lipinski definition) is 1. The molecule has 19 heavy (non-hydrogen) atoms. The van der Waals surface area contributed by atoms with Crippen molar-refractivity contribution in [2.75, 3.05) is 11.9 Å². The number of rotatable bonds is 4. The summed E-state index contributed by atoms with van der Waals surface area (Å²) in [6.45, 7) is 0.779. The Morgan fingerprint density at radius 1 is 1.32 bits per heavy atom. The molecule has 0 atom stereocenters. The minimum atomic E-state index is 0.390. The molecule has 98 valence electrons. The van der Waals surface area contributed by atoms with Crippen molar-refractivity contribution in [1.82, 2.24) is 4.98 Å². The topological polar surface area (TPSA) is 42.1 Å². The number of nitrogens with zero attached hydrogens (tertiary/aromatic N) is 2. The van der Waals surface area contributed by atoms with Crippen LogP contribution in [0.1, 0.15) is 11.1 Å². The Hall–Kier alpha value is -1.46. The SMILES string of the molecule is CN(Cc1ccc(Br)cc1)c1cc(C(N)=S)ccn1. The number of hydrogen-bond acceptors (Lipinski definition) is 3. The van der Waals surface area contributed by atoms with E-state index in [2.05, 4.69) is 37.9 Å². The Balaban J connectivity index is 2.15. The summed E-state index contributed by atoms with van der Waals surface area (Å²) in [5.41, 5.74) is 7.68. The summed E-state index contributed by atoms with van der Waals surface area (Å²) in [4.78, 5) is 6.79. The number of anilines is 1. The third-order valence-electron chi connectivity index (χ3n) is 2.75. The standard InChI is InChI=1S/C14H14BrN3S/c1-18(9-10-2-4-12(15)5-3-10)13-8-11(14(16)19)6-7-17-13/h2-8H,9H2,1H3,(H2,16,19). The summed E-state index contributed by atoms with van der Waals surface area (Å²) in [5, 5.41) is 0. The normalized spacial score (nSPS) is 10.2. The van der Waals surface area contributed by atoms with Crippen LogP contribution in [0.15, 0.2) is 47.1 Å². The molecule has 2 N–H and O–H groups in total. The van der Waals surface area contributed by atoms with E-state index in [-0.39, 0.29) is 0 Å². The average molecular weight is 336 g/mol. The first kappa shape index (κ1) is 14.0. The van der Waals surface area contributed by atoms with Crippen molar-refractivity contribution in [3.8, 4) is 0 Å². The van der Waals surface area contributed by atoms with Crippen molar-refractivity contribution >= 4 is 39.0 Å². The molecule has 3 nitrogen and oxygen atoms in total. The summed E-state index contributed by atoms with van der Waals surface area (Å²) in [7, 11) is 1.99. The molecule has 2 aromatic rings. The predicted molar refractivity (Wildman–Crippen MR) is 86.4 cm³/mol. The lowest BCUT2D eigenvalue weighted by Crippen LogP contribution is -2.19. The smallest absolute Gasteiger partial charge is 0.129 e. The molecular weight excluding hydrogens is 322 g/mol. The van der Waals surface area contributed by atoms with E-state index in [4.69, 9.17) is 18.0 Å². The van der Waals surface area contributed by atoms with Crippen LogP contribution in [0.5, 0.6) is 0 Å². The maximum absolute atomic E-state index is 5.63. The first-order valence-electron chi connectivity index (χ1n) is 5.77. The summed E-state index contributed by atoms with van der Waals surface area (Å²) in [6, 6.07) is 11.9. The van der Waals surface area contributed by atoms with Crippen molar-refractivity contribution in [2.45, 2.75) is 6.54 Å². The lowest BCUT2D eigenvalue weighted by atomic mass is 10.2. The Morgan fingerprint density at radius 2 is 2.00 bits per heavy atom. The van der Waals surface area contributed by atoms with Crippen LogP contribution in [0.4, 0.5) is 5.82 Å². The zero-order valence-corrected chi connectivity index (χ0v) is 12.9. The van der Waals surface area contributed by atoms with Gasteiger partial charge >= 0.3 is 0 Å². The first-order valence-corrected chi connectivity index (χ1v) is 6.98. The van der Waals surface area contributed by atoms with E-state index in [0.717, 1.165) is 22.4 Å². The molecule has 0 aliphatic rings. The van der Waals surface area contributed by atoms with Crippen LogP contribution >= 0.6 is 28.1 Å². The van der Waals surface area contributed by atoms with Gasteiger partial charge in [-0.05, 0) is 29.8 Å². The van der Waals surface area contributed by atoms with Gasteiger partial charge in [-0.25, -0.2) is 4.98 Å². The molecule has 0 bridgehead atoms. The van der Waals surface area contributed by atoms with Gasteiger partial charge in [0.2, 0.25) is 0 Å². The third kappa shape index (κ3) is 3.75. The van der Waals surface area contributed by atoms with E-state index in [1.54, 1.807) is 6.20 Å². The van der Waals surface area contributed by atoms with Gasteiger partial charge in [-0.15, -0.1) is 0 Å². The van der Waals surface area contributed by atoms with Crippen LogP contribution in [-0.2, 0) is 6.54 Å². The average Bonchev–Trinajstić information content (AvgIpc) is 2.41. The highest BCUT2D eigenvalue weighted by Gasteiger charge is 2.05.